The molecule has 0 radical (unpaired) electrons. The van der Waals surface area contributed by atoms with Gasteiger partial charge in [0, 0.05) is 6.54 Å². The summed E-state index contributed by atoms with van der Waals surface area (Å²) in [5.74, 6) is -0.216. The minimum Gasteiger partial charge on any atom is -0.355 e. The zero-order valence-electron chi connectivity index (χ0n) is 9.35. The molecule has 0 saturated carbocycles. The van der Waals surface area contributed by atoms with Crippen LogP contribution in [0.3, 0.4) is 0 Å². The van der Waals surface area contributed by atoms with Gasteiger partial charge in [0.1, 0.15) is 0 Å². The van der Waals surface area contributed by atoms with E-state index >= 15 is 0 Å². The molecule has 1 unspecified atom stereocenters. The van der Waals surface area contributed by atoms with Crippen molar-refractivity contribution in [3.8, 4) is 0 Å². The summed E-state index contributed by atoms with van der Waals surface area (Å²) in [5, 5.41) is 5.16. The number of halogens is 2. The van der Waals surface area contributed by atoms with E-state index in [1.165, 1.54) is 0 Å². The van der Waals surface area contributed by atoms with Gasteiger partial charge in [0.25, 0.3) is 6.43 Å². The van der Waals surface area contributed by atoms with Gasteiger partial charge in [-0.25, -0.2) is 8.78 Å². The van der Waals surface area contributed by atoms with Crippen LogP contribution in [0, 0.1) is 0 Å². The first-order valence-electron chi connectivity index (χ1n) is 5.37. The maximum Gasteiger partial charge on any atom is 0.250 e. The Bertz CT molecular complexity index is 177. The lowest BCUT2D eigenvalue weighted by Gasteiger charge is -2.13. The lowest BCUT2D eigenvalue weighted by Crippen LogP contribution is -2.44. The highest BCUT2D eigenvalue weighted by Crippen LogP contribution is 1.93. The molecule has 5 heteroatoms. The first-order valence-corrected chi connectivity index (χ1v) is 5.37. The van der Waals surface area contributed by atoms with Crippen LogP contribution in [0.5, 0.6) is 0 Å². The Labute approximate surface area is 89.6 Å². The Kier molecular flexibility index (Phi) is 8.18. The molecule has 90 valence electrons. The minimum absolute atomic E-state index is 0.216. The van der Waals surface area contributed by atoms with Crippen molar-refractivity contribution in [1.82, 2.24) is 10.6 Å². The molecule has 0 aromatic heterocycles. The Morgan fingerprint density at radius 2 is 2.00 bits per heavy atom. The van der Waals surface area contributed by atoms with E-state index in [-0.39, 0.29) is 5.91 Å². The van der Waals surface area contributed by atoms with E-state index in [2.05, 4.69) is 17.6 Å². The van der Waals surface area contributed by atoms with Crippen LogP contribution >= 0.6 is 0 Å². The molecule has 15 heavy (non-hydrogen) atoms. The molecule has 1 amide bonds. The highest BCUT2D eigenvalue weighted by molar-refractivity contribution is 5.81. The fourth-order valence-corrected chi connectivity index (χ4v) is 1.10. The van der Waals surface area contributed by atoms with Crippen LogP contribution in [0.1, 0.15) is 33.1 Å². The van der Waals surface area contributed by atoms with Gasteiger partial charge in [0.2, 0.25) is 5.91 Å². The van der Waals surface area contributed by atoms with Crippen LogP contribution in [0.2, 0.25) is 0 Å². The Morgan fingerprint density at radius 3 is 2.53 bits per heavy atom. The Hall–Kier alpha value is -0.710. The zero-order valence-corrected chi connectivity index (χ0v) is 9.35. The molecule has 0 aromatic carbocycles. The van der Waals surface area contributed by atoms with E-state index in [1.807, 2.05) is 0 Å². The van der Waals surface area contributed by atoms with Crippen molar-refractivity contribution < 1.29 is 13.6 Å². The summed E-state index contributed by atoms with van der Waals surface area (Å²) in [6, 6.07) is -0.555. The minimum atomic E-state index is -2.42. The second-order valence-electron chi connectivity index (χ2n) is 3.52. The molecule has 2 N–H and O–H groups in total. The van der Waals surface area contributed by atoms with Crippen LogP contribution in [-0.4, -0.2) is 31.5 Å². The Morgan fingerprint density at radius 1 is 1.33 bits per heavy atom. The molecule has 0 aromatic rings. The molecule has 0 bridgehead atoms. The van der Waals surface area contributed by atoms with Crippen molar-refractivity contribution in [3.05, 3.63) is 0 Å². The topological polar surface area (TPSA) is 41.1 Å². The number of nitrogens with one attached hydrogen (secondary N) is 2. The molecular weight excluding hydrogens is 202 g/mol. The second kappa shape index (κ2) is 8.59. The third-order valence-electron chi connectivity index (χ3n) is 2.05. The third kappa shape index (κ3) is 8.30. The summed E-state index contributed by atoms with van der Waals surface area (Å²) in [6.07, 6.45) is 0.679. The van der Waals surface area contributed by atoms with Gasteiger partial charge in [-0.05, 0) is 13.3 Å². The van der Waals surface area contributed by atoms with Gasteiger partial charge >= 0.3 is 0 Å². The fourth-order valence-electron chi connectivity index (χ4n) is 1.10. The lowest BCUT2D eigenvalue weighted by molar-refractivity contribution is -0.122. The molecule has 0 spiro atoms. The van der Waals surface area contributed by atoms with E-state index in [4.69, 9.17) is 0 Å². The number of rotatable bonds is 8. The smallest absolute Gasteiger partial charge is 0.250 e. The summed E-state index contributed by atoms with van der Waals surface area (Å²) < 4.78 is 23.6. The summed E-state index contributed by atoms with van der Waals surface area (Å²) in [6.45, 7) is 3.84. The van der Waals surface area contributed by atoms with Gasteiger partial charge < -0.3 is 10.6 Å². The van der Waals surface area contributed by atoms with Crippen molar-refractivity contribution in [1.29, 1.82) is 0 Å². The van der Waals surface area contributed by atoms with Gasteiger partial charge in [0.05, 0.1) is 12.6 Å². The monoisotopic (exact) mass is 222 g/mol. The third-order valence-corrected chi connectivity index (χ3v) is 2.05. The van der Waals surface area contributed by atoms with Gasteiger partial charge in [-0.3, -0.25) is 4.79 Å². The van der Waals surface area contributed by atoms with Crippen molar-refractivity contribution >= 4 is 5.91 Å². The SMILES string of the molecule is CCCCCNC(=O)C(C)NCC(F)F. The number of hydrogen-bond acceptors (Lipinski definition) is 2. The largest absolute Gasteiger partial charge is 0.355 e. The van der Waals surface area contributed by atoms with Crippen LogP contribution in [0.25, 0.3) is 0 Å². The number of amides is 1. The summed E-state index contributed by atoms with van der Waals surface area (Å²) in [4.78, 5) is 11.3. The first kappa shape index (κ1) is 14.3. The summed E-state index contributed by atoms with van der Waals surface area (Å²) in [7, 11) is 0. The van der Waals surface area contributed by atoms with Gasteiger partial charge in [-0.1, -0.05) is 19.8 Å². The second-order valence-corrected chi connectivity index (χ2v) is 3.52. The van der Waals surface area contributed by atoms with Crippen LogP contribution in [-0.2, 0) is 4.79 Å². The van der Waals surface area contributed by atoms with Gasteiger partial charge in [-0.15, -0.1) is 0 Å². The molecule has 0 aliphatic carbocycles. The summed E-state index contributed by atoms with van der Waals surface area (Å²) in [5.41, 5.74) is 0. The van der Waals surface area contributed by atoms with Crippen molar-refractivity contribution in [2.24, 2.45) is 0 Å². The predicted octanol–water partition coefficient (Wildman–Crippen LogP) is 1.54. The van der Waals surface area contributed by atoms with Crippen molar-refractivity contribution in [2.45, 2.75) is 45.6 Å². The highest BCUT2D eigenvalue weighted by atomic mass is 19.3. The van der Waals surface area contributed by atoms with Crippen molar-refractivity contribution in [3.63, 3.8) is 0 Å². The fraction of sp³-hybridized carbons (Fsp3) is 0.900. The summed E-state index contributed by atoms with van der Waals surface area (Å²) >= 11 is 0. The molecule has 0 aliphatic heterocycles. The average molecular weight is 222 g/mol. The Balaban J connectivity index is 3.51. The molecule has 0 aliphatic rings. The van der Waals surface area contributed by atoms with Gasteiger partial charge in [-0.2, -0.15) is 0 Å². The van der Waals surface area contributed by atoms with Crippen LogP contribution in [0.15, 0.2) is 0 Å². The van der Waals surface area contributed by atoms with E-state index in [1.54, 1.807) is 6.92 Å². The molecule has 0 rings (SSSR count). The van der Waals surface area contributed by atoms with Crippen LogP contribution in [0.4, 0.5) is 8.78 Å². The first-order chi connectivity index (χ1) is 7.07. The van der Waals surface area contributed by atoms with Gasteiger partial charge in [0.15, 0.2) is 0 Å². The normalized spacial score (nSPS) is 12.9. The number of carbonyl (C=O) groups excluding carboxylic acids is 1. The zero-order chi connectivity index (χ0) is 11.7. The quantitative estimate of drug-likeness (QED) is 0.612. The number of carbonyl (C=O) groups is 1. The van der Waals surface area contributed by atoms with E-state index in [0.717, 1.165) is 19.3 Å². The highest BCUT2D eigenvalue weighted by Gasteiger charge is 2.13. The maximum absolute atomic E-state index is 11.8. The predicted molar refractivity (Wildman–Crippen MR) is 56.0 cm³/mol. The molecule has 0 fully saturated rings. The lowest BCUT2D eigenvalue weighted by atomic mass is 10.2. The van der Waals surface area contributed by atoms with Crippen molar-refractivity contribution in [2.75, 3.05) is 13.1 Å². The number of unbranched alkanes of at least 4 members (excludes halogenated alkanes) is 2. The van der Waals surface area contributed by atoms with Crippen LogP contribution < -0.4 is 10.6 Å². The molecule has 1 atom stereocenters. The van der Waals surface area contributed by atoms with E-state index in [9.17, 15) is 13.6 Å². The standard InChI is InChI=1S/C10H20F2N2O/c1-3-4-5-6-13-10(15)8(2)14-7-9(11)12/h8-9,14H,3-7H2,1-2H3,(H,13,15). The van der Waals surface area contributed by atoms with E-state index < -0.39 is 19.0 Å². The van der Waals surface area contributed by atoms with E-state index in [0.29, 0.717) is 6.54 Å². The molecular formula is C10H20F2N2O. The molecule has 3 nitrogen and oxygen atoms in total. The molecule has 0 saturated heterocycles. The average Bonchev–Trinajstić information content (AvgIpc) is 2.20. The molecule has 0 heterocycles. The number of alkyl halides is 2. The maximum atomic E-state index is 11.8. The number of hydrogen-bond donors (Lipinski definition) is 2.